The topological polar surface area (TPSA) is 94.8 Å². The van der Waals surface area contributed by atoms with Gasteiger partial charge in [-0.2, -0.15) is 8.42 Å². The van der Waals surface area contributed by atoms with Crippen molar-refractivity contribution in [3.8, 4) is 11.5 Å². The van der Waals surface area contributed by atoms with Gasteiger partial charge >= 0.3 is 0 Å². The molecule has 0 aliphatic heterocycles. The molecule has 0 bridgehead atoms. The summed E-state index contributed by atoms with van der Waals surface area (Å²) in [5, 5.41) is 18.5. The number of aryl methyl sites for hydroxylation is 1. The average molecular weight is 288 g/mol. The maximum Gasteiger partial charge on any atom is 0.264 e. The van der Waals surface area contributed by atoms with E-state index < -0.39 is 10.1 Å². The highest BCUT2D eigenvalue weighted by molar-refractivity contribution is 7.85. The fraction of sp³-hybridized carbons (Fsp3) is 0.538. The molecule has 0 saturated heterocycles. The van der Waals surface area contributed by atoms with E-state index in [4.69, 9.17) is 4.55 Å². The van der Waals surface area contributed by atoms with Crippen molar-refractivity contribution in [2.75, 3.05) is 5.75 Å². The van der Waals surface area contributed by atoms with Crippen molar-refractivity contribution < 1.29 is 23.2 Å². The molecule has 0 radical (unpaired) electrons. The van der Waals surface area contributed by atoms with E-state index in [1.165, 1.54) is 12.1 Å². The summed E-state index contributed by atoms with van der Waals surface area (Å²) in [7, 11) is -3.86. The van der Waals surface area contributed by atoms with Gasteiger partial charge in [0.05, 0.1) is 5.75 Å². The van der Waals surface area contributed by atoms with Crippen molar-refractivity contribution in [3.63, 3.8) is 0 Å². The standard InChI is InChI=1S/C13H20O5S/c1-10(3-2-8-19(16,17)18)4-5-11-6-7-12(14)13(15)9-11/h6-7,9-10,14-15H,2-5,8H2,1H3,(H,16,17,18)/t10-/m1/s1. The Hall–Kier alpha value is -1.27. The molecular weight excluding hydrogens is 268 g/mol. The van der Waals surface area contributed by atoms with Crippen molar-refractivity contribution in [2.24, 2.45) is 5.92 Å². The first-order valence-electron chi connectivity index (χ1n) is 6.24. The molecule has 0 aliphatic rings. The molecule has 6 heteroatoms. The first kappa shape index (κ1) is 15.8. The van der Waals surface area contributed by atoms with Crippen LogP contribution in [0.1, 0.15) is 31.7 Å². The normalized spacial score (nSPS) is 13.4. The lowest BCUT2D eigenvalue weighted by Crippen LogP contribution is -2.06. The van der Waals surface area contributed by atoms with E-state index in [0.717, 1.165) is 24.8 Å². The Bertz CT molecular complexity index is 510. The second-order valence-electron chi connectivity index (χ2n) is 4.90. The summed E-state index contributed by atoms with van der Waals surface area (Å²) in [6.45, 7) is 2.02. The Labute approximate surface area is 113 Å². The van der Waals surface area contributed by atoms with Crippen LogP contribution in [-0.4, -0.2) is 28.9 Å². The maximum atomic E-state index is 10.6. The zero-order valence-corrected chi connectivity index (χ0v) is 11.7. The molecule has 0 amide bonds. The van der Waals surface area contributed by atoms with Gasteiger partial charge in [0.25, 0.3) is 10.1 Å². The van der Waals surface area contributed by atoms with Crippen LogP contribution in [-0.2, 0) is 16.5 Å². The zero-order valence-electron chi connectivity index (χ0n) is 10.9. The number of phenolic OH excluding ortho intramolecular Hbond substituents is 2. The third-order valence-electron chi connectivity index (χ3n) is 3.06. The number of hydrogen-bond acceptors (Lipinski definition) is 4. The molecule has 1 rings (SSSR count). The quantitative estimate of drug-likeness (QED) is 0.529. The predicted molar refractivity (Wildman–Crippen MR) is 72.9 cm³/mol. The van der Waals surface area contributed by atoms with Gasteiger partial charge < -0.3 is 10.2 Å². The van der Waals surface area contributed by atoms with Gasteiger partial charge in [0.1, 0.15) is 0 Å². The molecule has 1 atom stereocenters. The van der Waals surface area contributed by atoms with E-state index in [0.29, 0.717) is 12.3 Å². The van der Waals surface area contributed by atoms with Gasteiger partial charge in [-0.15, -0.1) is 0 Å². The van der Waals surface area contributed by atoms with Crippen molar-refractivity contribution in [2.45, 2.75) is 32.6 Å². The van der Waals surface area contributed by atoms with Gasteiger partial charge in [-0.1, -0.05) is 13.0 Å². The van der Waals surface area contributed by atoms with Gasteiger partial charge in [0.2, 0.25) is 0 Å². The molecule has 0 heterocycles. The van der Waals surface area contributed by atoms with Crippen LogP contribution < -0.4 is 0 Å². The highest BCUT2D eigenvalue weighted by Crippen LogP contribution is 2.26. The molecule has 0 aliphatic carbocycles. The minimum absolute atomic E-state index is 0.128. The number of rotatable bonds is 7. The van der Waals surface area contributed by atoms with Crippen LogP contribution in [0.4, 0.5) is 0 Å². The van der Waals surface area contributed by atoms with Gasteiger partial charge in [-0.05, 0) is 49.3 Å². The smallest absolute Gasteiger partial charge is 0.264 e. The summed E-state index contributed by atoms with van der Waals surface area (Å²) in [5.41, 5.74) is 0.928. The lowest BCUT2D eigenvalue weighted by molar-refractivity contribution is 0.402. The molecule has 3 N–H and O–H groups in total. The number of benzene rings is 1. The number of hydrogen-bond donors (Lipinski definition) is 3. The molecule has 0 fully saturated rings. The summed E-state index contributed by atoms with van der Waals surface area (Å²) in [6.07, 6.45) is 2.78. The summed E-state index contributed by atoms with van der Waals surface area (Å²) in [6, 6.07) is 4.73. The van der Waals surface area contributed by atoms with Crippen LogP contribution in [0, 0.1) is 5.92 Å². The van der Waals surface area contributed by atoms with E-state index in [-0.39, 0.29) is 17.3 Å². The average Bonchev–Trinajstić information content (AvgIpc) is 2.29. The Morgan fingerprint density at radius 2 is 1.84 bits per heavy atom. The third kappa shape index (κ3) is 6.45. The first-order valence-corrected chi connectivity index (χ1v) is 7.85. The van der Waals surface area contributed by atoms with E-state index in [1.807, 2.05) is 6.92 Å². The zero-order chi connectivity index (χ0) is 14.5. The SMILES string of the molecule is C[C@H](CCCS(=O)(=O)O)CCc1ccc(O)c(O)c1. The molecule has 0 aromatic heterocycles. The van der Waals surface area contributed by atoms with E-state index in [1.54, 1.807) is 6.07 Å². The van der Waals surface area contributed by atoms with Crippen LogP contribution in [0.3, 0.4) is 0 Å². The summed E-state index contributed by atoms with van der Waals surface area (Å²) in [4.78, 5) is 0. The van der Waals surface area contributed by atoms with Gasteiger partial charge in [-0.25, -0.2) is 0 Å². The fourth-order valence-electron chi connectivity index (χ4n) is 1.90. The fourth-order valence-corrected chi connectivity index (χ4v) is 2.43. The van der Waals surface area contributed by atoms with Crippen LogP contribution in [0.15, 0.2) is 18.2 Å². The molecule has 0 saturated carbocycles. The minimum Gasteiger partial charge on any atom is -0.504 e. The lowest BCUT2D eigenvalue weighted by atomic mass is 9.97. The van der Waals surface area contributed by atoms with E-state index >= 15 is 0 Å². The number of aromatic hydroxyl groups is 2. The van der Waals surface area contributed by atoms with Crippen LogP contribution in [0.25, 0.3) is 0 Å². The molecular formula is C13H20O5S. The van der Waals surface area contributed by atoms with Gasteiger partial charge in [0.15, 0.2) is 11.5 Å². The molecule has 5 nitrogen and oxygen atoms in total. The molecule has 1 aromatic carbocycles. The summed E-state index contributed by atoms with van der Waals surface area (Å²) >= 11 is 0. The third-order valence-corrected chi connectivity index (χ3v) is 3.87. The van der Waals surface area contributed by atoms with E-state index in [9.17, 15) is 18.6 Å². The largest absolute Gasteiger partial charge is 0.504 e. The lowest BCUT2D eigenvalue weighted by Gasteiger charge is -2.11. The van der Waals surface area contributed by atoms with Crippen molar-refractivity contribution in [1.29, 1.82) is 0 Å². The molecule has 1 aromatic rings. The van der Waals surface area contributed by atoms with Crippen molar-refractivity contribution >= 4 is 10.1 Å². The molecule has 0 unspecified atom stereocenters. The number of phenols is 2. The maximum absolute atomic E-state index is 10.6. The highest BCUT2D eigenvalue weighted by atomic mass is 32.2. The molecule has 108 valence electrons. The van der Waals surface area contributed by atoms with E-state index in [2.05, 4.69) is 0 Å². The highest BCUT2D eigenvalue weighted by Gasteiger charge is 2.08. The van der Waals surface area contributed by atoms with Gasteiger partial charge in [0, 0.05) is 0 Å². The summed E-state index contributed by atoms with van der Waals surface area (Å²) in [5.74, 6) is -0.128. The Morgan fingerprint density at radius 1 is 1.16 bits per heavy atom. The van der Waals surface area contributed by atoms with Crippen LogP contribution in [0.2, 0.25) is 0 Å². The van der Waals surface area contributed by atoms with Crippen LogP contribution >= 0.6 is 0 Å². The Morgan fingerprint density at radius 3 is 2.42 bits per heavy atom. The Kier molecular flexibility index (Phi) is 5.62. The monoisotopic (exact) mass is 288 g/mol. The predicted octanol–water partition coefficient (Wildman–Crippen LogP) is 2.33. The molecule has 0 spiro atoms. The van der Waals surface area contributed by atoms with Crippen LogP contribution in [0.5, 0.6) is 11.5 Å². The first-order chi connectivity index (χ1) is 8.78. The second kappa shape index (κ2) is 6.77. The summed E-state index contributed by atoms with van der Waals surface area (Å²) < 4.78 is 29.7. The minimum atomic E-state index is -3.86. The van der Waals surface area contributed by atoms with Crippen molar-refractivity contribution in [1.82, 2.24) is 0 Å². The van der Waals surface area contributed by atoms with Gasteiger partial charge in [-0.3, -0.25) is 4.55 Å². The second-order valence-corrected chi connectivity index (χ2v) is 6.47. The molecule has 19 heavy (non-hydrogen) atoms. The Balaban J connectivity index is 2.33. The van der Waals surface area contributed by atoms with Crippen molar-refractivity contribution in [3.05, 3.63) is 23.8 Å².